The molecule has 19 heavy (non-hydrogen) atoms. The van der Waals surface area contributed by atoms with Crippen LogP contribution in [0.1, 0.15) is 25.7 Å². The molecule has 2 aliphatic heterocycles. The average molecular weight is 344 g/mol. The fraction of sp³-hybridized carbons (Fsp3) is 0.600. The fourth-order valence-corrected chi connectivity index (χ4v) is 1.58. The maximum absolute atomic E-state index is 10.4. The van der Waals surface area contributed by atoms with Gasteiger partial charge in [0.25, 0.3) is 0 Å². The third kappa shape index (κ3) is 6.37. The second kappa shape index (κ2) is 8.52. The Hall–Kier alpha value is -0.639. The number of hydrogen-bond donors (Lipinski definition) is 2. The number of amides is 2. The molecule has 100 valence electrons. The van der Waals surface area contributed by atoms with Crippen LogP contribution >= 0.6 is 0 Å². The summed E-state index contributed by atoms with van der Waals surface area (Å²) < 4.78 is 0. The van der Waals surface area contributed by atoms with E-state index in [1.54, 1.807) is 0 Å². The third-order valence-electron chi connectivity index (χ3n) is 2.56. The van der Waals surface area contributed by atoms with E-state index in [9.17, 15) is 29.4 Å². The molecule has 2 unspecified atom stereocenters. The van der Waals surface area contributed by atoms with E-state index in [0.29, 0.717) is 25.7 Å². The molecule has 2 aliphatic rings. The van der Waals surface area contributed by atoms with Crippen molar-refractivity contribution in [3.8, 4) is 0 Å². The first-order valence-corrected chi connectivity index (χ1v) is 5.40. The van der Waals surface area contributed by atoms with Crippen molar-refractivity contribution in [1.29, 1.82) is 0 Å². The van der Waals surface area contributed by atoms with Crippen molar-refractivity contribution < 1.29 is 29.4 Å². The molecule has 0 aromatic rings. The van der Waals surface area contributed by atoms with Gasteiger partial charge in [0.2, 0.25) is 11.8 Å². The molecule has 0 bridgehead atoms. The molecule has 8 nitrogen and oxygen atoms in total. The van der Waals surface area contributed by atoms with E-state index in [2.05, 4.69) is 10.6 Å². The van der Waals surface area contributed by atoms with Crippen LogP contribution in [0.4, 0.5) is 0 Å². The van der Waals surface area contributed by atoms with E-state index >= 15 is 0 Å². The molecule has 2 atom stereocenters. The summed E-state index contributed by atoms with van der Waals surface area (Å²) in [7, 11) is 0. The summed E-state index contributed by atoms with van der Waals surface area (Å²) in [5.41, 5.74) is 0. The Bertz CT molecular complexity index is 350. The summed E-state index contributed by atoms with van der Waals surface area (Å²) >= 11 is 0. The van der Waals surface area contributed by atoms with Crippen molar-refractivity contribution in [3.63, 3.8) is 0 Å². The van der Waals surface area contributed by atoms with Crippen LogP contribution in [-0.4, -0.2) is 81.3 Å². The monoisotopic (exact) mass is 344 g/mol. The first kappa shape index (κ1) is 18.4. The average Bonchev–Trinajstić information content (AvgIpc) is 2.88. The molecule has 0 aromatic carbocycles. The van der Waals surface area contributed by atoms with Crippen LogP contribution in [0.2, 0.25) is 0 Å². The van der Waals surface area contributed by atoms with E-state index < -0.39 is 24.0 Å². The molecular weight excluding hydrogens is 332 g/mol. The van der Waals surface area contributed by atoms with Crippen LogP contribution in [0.25, 0.3) is 0 Å². The van der Waals surface area contributed by atoms with E-state index in [1.165, 1.54) is 0 Å². The molecule has 2 fully saturated rings. The SMILES string of the molecule is O=C1CCC(C(=O)[O-])N1.O=C1CCC(C(=O)[O-])N1.[Sr+2]. The van der Waals surface area contributed by atoms with E-state index in [-0.39, 0.29) is 57.3 Å². The standard InChI is InChI=1S/2C5H7NO3.Sr/c2*7-4-2-1-3(6-4)5(8)9;/h2*3H,1-2H2,(H,6,7)(H,8,9);/q;;+2/p-2. The quantitative estimate of drug-likeness (QED) is 0.486. The number of carbonyl (C=O) groups excluding carboxylic acids is 4. The maximum Gasteiger partial charge on any atom is 2.00 e. The zero-order chi connectivity index (χ0) is 13.7. The van der Waals surface area contributed by atoms with Gasteiger partial charge in [-0.15, -0.1) is 0 Å². The van der Waals surface area contributed by atoms with Gasteiger partial charge in [0.15, 0.2) is 0 Å². The molecule has 2 N–H and O–H groups in total. The largest absolute Gasteiger partial charge is 2.00 e. The van der Waals surface area contributed by atoms with Crippen LogP contribution in [0.5, 0.6) is 0 Å². The maximum atomic E-state index is 10.4. The number of carbonyl (C=O) groups is 4. The summed E-state index contributed by atoms with van der Waals surface area (Å²) in [6, 6.07) is -1.50. The van der Waals surface area contributed by atoms with Crippen molar-refractivity contribution in [2.45, 2.75) is 37.8 Å². The van der Waals surface area contributed by atoms with E-state index in [4.69, 9.17) is 0 Å². The Morgan fingerprint density at radius 2 is 1.21 bits per heavy atom. The Morgan fingerprint density at radius 3 is 1.32 bits per heavy atom. The number of nitrogens with one attached hydrogen (secondary N) is 2. The van der Waals surface area contributed by atoms with Crippen LogP contribution in [0.3, 0.4) is 0 Å². The number of hydrogen-bond acceptors (Lipinski definition) is 6. The third-order valence-corrected chi connectivity index (χ3v) is 2.56. The Kier molecular flexibility index (Phi) is 8.23. The zero-order valence-electron chi connectivity index (χ0n) is 10.1. The molecule has 0 saturated carbocycles. The summed E-state index contributed by atoms with van der Waals surface area (Å²) in [5.74, 6) is -2.80. The molecule has 2 heterocycles. The first-order valence-electron chi connectivity index (χ1n) is 5.40. The second-order valence-corrected chi connectivity index (χ2v) is 3.96. The van der Waals surface area contributed by atoms with Crippen molar-refractivity contribution in [3.05, 3.63) is 0 Å². The fourth-order valence-electron chi connectivity index (χ4n) is 1.58. The van der Waals surface area contributed by atoms with Crippen LogP contribution in [0, 0.1) is 0 Å². The second-order valence-electron chi connectivity index (χ2n) is 3.96. The Balaban J connectivity index is 0.000000324. The molecule has 0 aliphatic carbocycles. The minimum atomic E-state index is -1.19. The van der Waals surface area contributed by atoms with Gasteiger partial charge in [0.1, 0.15) is 0 Å². The molecular formula is C10H12N2O6Sr. The number of carboxylic acids is 2. The minimum Gasteiger partial charge on any atom is -0.548 e. The predicted molar refractivity (Wildman–Crippen MR) is 58.1 cm³/mol. The van der Waals surface area contributed by atoms with Crippen molar-refractivity contribution in [1.82, 2.24) is 10.6 Å². The summed E-state index contributed by atoms with van der Waals surface area (Å²) in [5, 5.41) is 24.5. The normalized spacial score (nSPS) is 24.4. The van der Waals surface area contributed by atoms with Gasteiger partial charge in [-0.1, -0.05) is 0 Å². The van der Waals surface area contributed by atoms with Gasteiger partial charge in [-0.25, -0.2) is 0 Å². The Labute approximate surface area is 146 Å². The van der Waals surface area contributed by atoms with Crippen LogP contribution in [0.15, 0.2) is 0 Å². The first-order chi connectivity index (χ1) is 8.40. The smallest absolute Gasteiger partial charge is 0.548 e. The summed E-state index contributed by atoms with van der Waals surface area (Å²) in [6.07, 6.45) is 1.33. The van der Waals surface area contributed by atoms with E-state index in [1.807, 2.05) is 0 Å². The number of carboxylic acid groups (broad SMARTS) is 2. The van der Waals surface area contributed by atoms with Gasteiger partial charge in [0.05, 0.1) is 24.0 Å². The van der Waals surface area contributed by atoms with E-state index in [0.717, 1.165) is 0 Å². The topological polar surface area (TPSA) is 138 Å². The zero-order valence-corrected chi connectivity index (χ0v) is 13.6. The predicted octanol–water partition coefficient (Wildman–Crippen LogP) is -4.35. The van der Waals surface area contributed by atoms with Gasteiger partial charge >= 0.3 is 45.5 Å². The van der Waals surface area contributed by atoms with Crippen molar-refractivity contribution in [2.24, 2.45) is 0 Å². The van der Waals surface area contributed by atoms with Crippen LogP contribution in [-0.2, 0) is 19.2 Å². The molecule has 0 spiro atoms. The van der Waals surface area contributed by atoms with Gasteiger partial charge in [-0.3, -0.25) is 9.59 Å². The van der Waals surface area contributed by atoms with Crippen LogP contribution < -0.4 is 20.8 Å². The van der Waals surface area contributed by atoms with Gasteiger partial charge in [-0.05, 0) is 12.8 Å². The van der Waals surface area contributed by atoms with Gasteiger partial charge in [-0.2, -0.15) is 0 Å². The molecule has 2 amide bonds. The summed E-state index contributed by atoms with van der Waals surface area (Å²) in [6.45, 7) is 0. The molecule has 2 saturated heterocycles. The summed E-state index contributed by atoms with van der Waals surface area (Å²) in [4.78, 5) is 40.8. The van der Waals surface area contributed by atoms with Crippen molar-refractivity contribution in [2.75, 3.05) is 0 Å². The number of aliphatic carboxylic acids is 2. The molecule has 0 aromatic heterocycles. The molecule has 2 rings (SSSR count). The van der Waals surface area contributed by atoms with Gasteiger partial charge in [0, 0.05) is 12.8 Å². The number of rotatable bonds is 2. The molecule has 0 radical (unpaired) electrons. The molecule has 9 heteroatoms. The Morgan fingerprint density at radius 1 is 0.895 bits per heavy atom. The minimum absolute atomic E-state index is 0. The van der Waals surface area contributed by atoms with Gasteiger partial charge < -0.3 is 30.4 Å². The van der Waals surface area contributed by atoms with Crippen molar-refractivity contribution >= 4 is 69.2 Å².